The molecule has 1 aliphatic heterocycles. The van der Waals surface area contributed by atoms with Crippen molar-refractivity contribution in [3.05, 3.63) is 17.6 Å². The summed E-state index contributed by atoms with van der Waals surface area (Å²) in [6.45, 7) is 4.64. The van der Waals surface area contributed by atoms with Gasteiger partial charge >= 0.3 is 0 Å². The van der Waals surface area contributed by atoms with Gasteiger partial charge in [0.1, 0.15) is 18.5 Å². The number of hydrazine groups is 1. The van der Waals surface area contributed by atoms with Crippen molar-refractivity contribution >= 4 is 11.7 Å². The molecule has 1 amide bonds. The molecule has 2 aliphatic rings. The molecule has 3 unspecified atom stereocenters. The van der Waals surface area contributed by atoms with Crippen LogP contribution in [0.15, 0.2) is 6.07 Å². The number of hydrogen-bond donors (Lipinski definition) is 4. The monoisotopic (exact) mass is 362 g/mol. The Hall–Kier alpha value is -1.77. The highest BCUT2D eigenvalue weighted by Crippen LogP contribution is 2.36. The van der Waals surface area contributed by atoms with Crippen molar-refractivity contribution < 1.29 is 9.53 Å². The molecular formula is C18H30N6O2. The van der Waals surface area contributed by atoms with E-state index in [-0.39, 0.29) is 23.9 Å². The largest absolute Gasteiger partial charge is 0.377 e. The molecule has 8 nitrogen and oxygen atoms in total. The Morgan fingerprint density at radius 3 is 2.73 bits per heavy atom. The van der Waals surface area contributed by atoms with Gasteiger partial charge in [0.2, 0.25) is 5.91 Å². The first-order valence-corrected chi connectivity index (χ1v) is 9.41. The molecule has 2 fully saturated rings. The first-order valence-electron chi connectivity index (χ1n) is 9.41. The molecule has 1 aromatic heterocycles. The minimum atomic E-state index is -0.165. The zero-order valence-electron chi connectivity index (χ0n) is 16.0. The van der Waals surface area contributed by atoms with Crippen molar-refractivity contribution in [1.82, 2.24) is 26.1 Å². The normalized spacial score (nSPS) is 30.7. The van der Waals surface area contributed by atoms with Gasteiger partial charge in [-0.25, -0.2) is 15.4 Å². The second kappa shape index (κ2) is 8.28. The summed E-state index contributed by atoms with van der Waals surface area (Å²) in [6, 6.07) is 2.38. The lowest BCUT2D eigenvalue weighted by Crippen LogP contribution is -2.51. The zero-order valence-corrected chi connectivity index (χ0v) is 16.0. The number of aromatic nitrogens is 2. The second-order valence-electron chi connectivity index (χ2n) is 7.29. The van der Waals surface area contributed by atoms with Crippen LogP contribution in [-0.4, -0.2) is 48.2 Å². The summed E-state index contributed by atoms with van der Waals surface area (Å²) in [5.74, 6) is 2.20. The molecule has 2 heterocycles. The number of nitrogens with zero attached hydrogens (tertiary/aromatic N) is 2. The number of nitrogens with one attached hydrogen (secondary N) is 4. The molecule has 26 heavy (non-hydrogen) atoms. The van der Waals surface area contributed by atoms with Crippen LogP contribution in [0.25, 0.3) is 0 Å². The lowest BCUT2D eigenvalue weighted by Gasteiger charge is -2.36. The first-order chi connectivity index (χ1) is 12.5. The lowest BCUT2D eigenvalue weighted by molar-refractivity contribution is -0.125. The molecule has 0 bridgehead atoms. The van der Waals surface area contributed by atoms with E-state index in [1.54, 1.807) is 7.11 Å². The Bertz CT molecular complexity index is 634. The molecule has 0 spiro atoms. The fraction of sp³-hybridized carbons (Fsp3) is 0.722. The minimum Gasteiger partial charge on any atom is -0.377 e. The highest BCUT2D eigenvalue weighted by atomic mass is 16.5. The predicted octanol–water partition coefficient (Wildman–Crippen LogP) is 0.918. The number of ether oxygens (including phenoxy) is 1. The quantitative estimate of drug-likeness (QED) is 0.572. The molecule has 1 aliphatic carbocycles. The zero-order chi connectivity index (χ0) is 18.7. The summed E-state index contributed by atoms with van der Waals surface area (Å²) in [5, 5.41) is 6.25. The standard InChI is InChI=1S/C18H30N6O2/c1-5-13-10(2)17(24-23-13)18(25)20-12-6-11(7-12)14-8-15(19-3)22-16(21-14)9-26-4/h8,10-13,17,23-24H,5-7,9H2,1-4H3,(H,20,25)(H,19,21,22). The van der Waals surface area contributed by atoms with E-state index in [1.165, 1.54) is 0 Å². The number of carbonyl (C=O) groups is 1. The predicted molar refractivity (Wildman–Crippen MR) is 99.5 cm³/mol. The molecule has 0 radical (unpaired) electrons. The Morgan fingerprint density at radius 1 is 1.35 bits per heavy atom. The van der Waals surface area contributed by atoms with E-state index in [0.29, 0.717) is 24.4 Å². The fourth-order valence-electron chi connectivity index (χ4n) is 3.79. The summed E-state index contributed by atoms with van der Waals surface area (Å²) in [6.07, 6.45) is 2.82. The van der Waals surface area contributed by atoms with E-state index in [0.717, 1.165) is 30.8 Å². The highest BCUT2D eigenvalue weighted by molar-refractivity contribution is 5.82. The molecule has 0 aromatic carbocycles. The number of methoxy groups -OCH3 is 1. The number of carbonyl (C=O) groups excluding carboxylic acids is 1. The molecule has 3 rings (SSSR count). The smallest absolute Gasteiger partial charge is 0.239 e. The van der Waals surface area contributed by atoms with Gasteiger partial charge in [0.25, 0.3) is 0 Å². The maximum atomic E-state index is 12.5. The van der Waals surface area contributed by atoms with Gasteiger partial charge in [-0.1, -0.05) is 13.8 Å². The van der Waals surface area contributed by atoms with Gasteiger partial charge in [-0.05, 0) is 25.2 Å². The van der Waals surface area contributed by atoms with Gasteiger partial charge in [-0.15, -0.1) is 0 Å². The van der Waals surface area contributed by atoms with Crippen molar-refractivity contribution in [2.24, 2.45) is 5.92 Å². The van der Waals surface area contributed by atoms with E-state index in [9.17, 15) is 4.79 Å². The number of hydrogen-bond acceptors (Lipinski definition) is 7. The number of rotatable bonds is 7. The van der Waals surface area contributed by atoms with Crippen LogP contribution in [0.2, 0.25) is 0 Å². The average molecular weight is 362 g/mol. The summed E-state index contributed by atoms with van der Waals surface area (Å²) in [4.78, 5) is 21.5. The SMILES string of the molecule is CCC1NNC(C(=O)NC2CC(c3cc(NC)nc(COC)n3)C2)C1C. The summed E-state index contributed by atoms with van der Waals surface area (Å²) in [7, 11) is 3.49. The summed E-state index contributed by atoms with van der Waals surface area (Å²) in [5.41, 5.74) is 7.37. The number of amides is 1. The van der Waals surface area contributed by atoms with Crippen LogP contribution in [0.1, 0.15) is 50.5 Å². The Kier molecular flexibility index (Phi) is 6.05. The molecular weight excluding hydrogens is 332 g/mol. The summed E-state index contributed by atoms with van der Waals surface area (Å²) < 4.78 is 5.15. The molecule has 1 saturated heterocycles. The van der Waals surface area contributed by atoms with Crippen LogP contribution in [0.3, 0.4) is 0 Å². The second-order valence-corrected chi connectivity index (χ2v) is 7.29. The van der Waals surface area contributed by atoms with Crippen LogP contribution in [-0.2, 0) is 16.1 Å². The topological polar surface area (TPSA) is 100 Å². The fourth-order valence-corrected chi connectivity index (χ4v) is 3.79. The van der Waals surface area contributed by atoms with Crippen LogP contribution >= 0.6 is 0 Å². The minimum absolute atomic E-state index is 0.0862. The van der Waals surface area contributed by atoms with Crippen molar-refractivity contribution in [2.45, 2.75) is 63.8 Å². The van der Waals surface area contributed by atoms with Gasteiger partial charge < -0.3 is 15.4 Å². The lowest BCUT2D eigenvalue weighted by atomic mass is 9.77. The molecule has 144 valence electrons. The van der Waals surface area contributed by atoms with Crippen LogP contribution < -0.4 is 21.5 Å². The van der Waals surface area contributed by atoms with E-state index in [2.05, 4.69) is 45.3 Å². The Balaban J connectivity index is 1.54. The molecule has 8 heteroatoms. The van der Waals surface area contributed by atoms with E-state index in [4.69, 9.17) is 4.74 Å². The average Bonchev–Trinajstić information content (AvgIpc) is 2.98. The Morgan fingerprint density at radius 2 is 2.12 bits per heavy atom. The van der Waals surface area contributed by atoms with Crippen LogP contribution in [0.4, 0.5) is 5.82 Å². The summed E-state index contributed by atoms with van der Waals surface area (Å²) >= 11 is 0. The first kappa shape index (κ1) is 19.0. The number of anilines is 1. The third-order valence-corrected chi connectivity index (χ3v) is 5.53. The van der Waals surface area contributed by atoms with E-state index in [1.807, 2.05) is 13.1 Å². The highest BCUT2D eigenvalue weighted by Gasteiger charge is 2.39. The molecule has 4 N–H and O–H groups in total. The third-order valence-electron chi connectivity index (χ3n) is 5.53. The van der Waals surface area contributed by atoms with Crippen molar-refractivity contribution in [3.8, 4) is 0 Å². The van der Waals surface area contributed by atoms with E-state index >= 15 is 0 Å². The van der Waals surface area contributed by atoms with Gasteiger partial charge in [0.15, 0.2) is 5.82 Å². The molecule has 1 saturated carbocycles. The van der Waals surface area contributed by atoms with E-state index < -0.39 is 0 Å². The third kappa shape index (κ3) is 3.97. The maximum Gasteiger partial charge on any atom is 0.239 e. The molecule has 3 atom stereocenters. The van der Waals surface area contributed by atoms with Crippen LogP contribution in [0, 0.1) is 5.92 Å². The Labute approximate surface area is 154 Å². The van der Waals surface area contributed by atoms with Gasteiger partial charge in [-0.2, -0.15) is 0 Å². The van der Waals surface area contributed by atoms with Crippen molar-refractivity contribution in [3.63, 3.8) is 0 Å². The van der Waals surface area contributed by atoms with Gasteiger partial charge in [0.05, 0.1) is 0 Å². The maximum absolute atomic E-state index is 12.5. The van der Waals surface area contributed by atoms with Crippen LogP contribution in [0.5, 0.6) is 0 Å². The molecule has 1 aromatic rings. The van der Waals surface area contributed by atoms with Crippen molar-refractivity contribution in [2.75, 3.05) is 19.5 Å². The van der Waals surface area contributed by atoms with Crippen molar-refractivity contribution in [1.29, 1.82) is 0 Å². The van der Waals surface area contributed by atoms with Gasteiger partial charge in [-0.3, -0.25) is 10.2 Å². The van der Waals surface area contributed by atoms with Gasteiger partial charge in [0, 0.05) is 43.9 Å².